The van der Waals surface area contributed by atoms with Gasteiger partial charge in [-0.05, 0) is 45.4 Å². The van der Waals surface area contributed by atoms with Gasteiger partial charge in [0.05, 0.1) is 17.4 Å². The van der Waals surface area contributed by atoms with Gasteiger partial charge in [0.25, 0.3) is 0 Å². The summed E-state index contributed by atoms with van der Waals surface area (Å²) >= 11 is 12.0. The Morgan fingerprint density at radius 1 is 1.04 bits per heavy atom. The normalized spacial score (nSPS) is 18.7. The van der Waals surface area contributed by atoms with E-state index >= 15 is 0 Å². The highest BCUT2D eigenvalue weighted by molar-refractivity contribution is 6.64. The first-order valence-corrected chi connectivity index (χ1v) is 8.35. The zero-order valence-corrected chi connectivity index (χ0v) is 15.4. The van der Waals surface area contributed by atoms with Crippen molar-refractivity contribution in [3.8, 4) is 0 Å². The second-order valence-corrected chi connectivity index (χ2v) is 7.38. The first-order valence-electron chi connectivity index (χ1n) is 7.59. The van der Waals surface area contributed by atoms with Crippen molar-refractivity contribution in [3.05, 3.63) is 40.8 Å². The second kappa shape index (κ2) is 6.19. The van der Waals surface area contributed by atoms with Crippen LogP contribution >= 0.6 is 23.2 Å². The summed E-state index contributed by atoms with van der Waals surface area (Å²) < 4.78 is 12.3. The predicted molar refractivity (Wildman–Crippen MR) is 97.5 cm³/mol. The molecule has 0 saturated carbocycles. The van der Waals surface area contributed by atoms with Gasteiger partial charge >= 0.3 is 7.12 Å². The molecule has 0 aliphatic carbocycles. The Morgan fingerprint density at radius 3 is 2.33 bits per heavy atom. The van der Waals surface area contributed by atoms with E-state index in [2.05, 4.69) is 15.3 Å². The number of hydrogen-bond donors (Lipinski definition) is 1. The average Bonchev–Trinajstić information content (AvgIpc) is 2.72. The minimum absolute atomic E-state index is 0.120. The number of para-hydroxylation sites is 1. The Morgan fingerprint density at radius 2 is 1.67 bits per heavy atom. The lowest BCUT2D eigenvalue weighted by Crippen LogP contribution is -2.41. The highest BCUT2D eigenvalue weighted by Gasteiger charge is 2.52. The smallest absolute Gasteiger partial charge is 0.399 e. The molecule has 24 heavy (non-hydrogen) atoms. The molecule has 0 atom stereocenters. The SMILES string of the molecule is CC1(C)OB(c2ccccc2Nc2nc(Cl)ncc2Cl)OC1(C)C. The number of hydrogen-bond acceptors (Lipinski definition) is 5. The van der Waals surface area contributed by atoms with E-state index in [-0.39, 0.29) is 5.28 Å². The molecule has 1 N–H and O–H groups in total. The molecule has 0 bridgehead atoms. The third kappa shape index (κ3) is 3.24. The Bertz CT molecular complexity index is 755. The van der Waals surface area contributed by atoms with Crippen LogP contribution < -0.4 is 10.8 Å². The van der Waals surface area contributed by atoms with Gasteiger partial charge in [0, 0.05) is 11.2 Å². The highest BCUT2D eigenvalue weighted by atomic mass is 35.5. The average molecular weight is 366 g/mol. The fraction of sp³-hybridized carbons (Fsp3) is 0.375. The molecule has 8 heteroatoms. The maximum atomic E-state index is 6.14. The maximum Gasteiger partial charge on any atom is 0.496 e. The Balaban J connectivity index is 1.94. The highest BCUT2D eigenvalue weighted by Crippen LogP contribution is 2.37. The molecule has 2 aromatic rings. The topological polar surface area (TPSA) is 56.3 Å². The number of halogens is 2. The molecule has 5 nitrogen and oxygen atoms in total. The fourth-order valence-corrected chi connectivity index (χ4v) is 2.62. The van der Waals surface area contributed by atoms with Crippen LogP contribution in [0.25, 0.3) is 0 Å². The molecular formula is C16H18BCl2N3O2. The van der Waals surface area contributed by atoms with Crippen LogP contribution in [0.2, 0.25) is 10.3 Å². The molecule has 1 saturated heterocycles. The molecule has 3 rings (SSSR count). The van der Waals surface area contributed by atoms with Crippen LogP contribution in [0.5, 0.6) is 0 Å². The number of rotatable bonds is 3. The summed E-state index contributed by atoms with van der Waals surface area (Å²) in [5.41, 5.74) is 0.816. The van der Waals surface area contributed by atoms with Crippen LogP contribution in [0.3, 0.4) is 0 Å². The molecule has 0 radical (unpaired) electrons. The summed E-state index contributed by atoms with van der Waals surface area (Å²) in [6, 6.07) is 7.70. The van der Waals surface area contributed by atoms with Crippen LogP contribution in [-0.4, -0.2) is 28.3 Å². The van der Waals surface area contributed by atoms with E-state index < -0.39 is 18.3 Å². The van der Waals surface area contributed by atoms with Gasteiger partial charge < -0.3 is 14.6 Å². The lowest BCUT2D eigenvalue weighted by Gasteiger charge is -2.32. The van der Waals surface area contributed by atoms with E-state index in [1.165, 1.54) is 6.20 Å². The minimum Gasteiger partial charge on any atom is -0.399 e. The van der Waals surface area contributed by atoms with Gasteiger partial charge in [-0.3, -0.25) is 0 Å². The number of benzene rings is 1. The summed E-state index contributed by atoms with van der Waals surface area (Å²) in [6.07, 6.45) is 1.45. The molecular weight excluding hydrogens is 348 g/mol. The van der Waals surface area contributed by atoms with Gasteiger partial charge in [0.15, 0.2) is 5.82 Å². The number of nitrogens with one attached hydrogen (secondary N) is 1. The first kappa shape index (κ1) is 17.5. The van der Waals surface area contributed by atoms with Crippen molar-refractivity contribution in [3.63, 3.8) is 0 Å². The van der Waals surface area contributed by atoms with E-state index in [1.807, 2.05) is 52.0 Å². The second-order valence-electron chi connectivity index (χ2n) is 6.64. The molecule has 1 fully saturated rings. The molecule has 0 spiro atoms. The van der Waals surface area contributed by atoms with Gasteiger partial charge in [0.2, 0.25) is 5.28 Å². The Labute approximate surface area is 151 Å². The van der Waals surface area contributed by atoms with Crippen molar-refractivity contribution in [2.45, 2.75) is 38.9 Å². The lowest BCUT2D eigenvalue weighted by atomic mass is 9.78. The minimum atomic E-state index is -0.491. The van der Waals surface area contributed by atoms with E-state index in [9.17, 15) is 0 Å². The summed E-state index contributed by atoms with van der Waals surface area (Å²) in [4.78, 5) is 7.97. The van der Waals surface area contributed by atoms with Crippen LogP contribution in [0.4, 0.5) is 11.5 Å². The summed E-state index contributed by atoms with van der Waals surface area (Å²) in [5.74, 6) is 0.431. The maximum absolute atomic E-state index is 6.14. The summed E-state index contributed by atoms with van der Waals surface area (Å²) in [7, 11) is -0.491. The number of anilines is 2. The molecule has 1 aliphatic heterocycles. The third-order valence-electron chi connectivity index (χ3n) is 4.44. The molecule has 1 aromatic heterocycles. The monoisotopic (exact) mass is 365 g/mol. The quantitative estimate of drug-likeness (QED) is 0.661. The van der Waals surface area contributed by atoms with Crippen molar-refractivity contribution < 1.29 is 9.31 Å². The lowest BCUT2D eigenvalue weighted by molar-refractivity contribution is 0.00578. The third-order valence-corrected chi connectivity index (χ3v) is 4.89. The van der Waals surface area contributed by atoms with Crippen LogP contribution in [0.15, 0.2) is 30.5 Å². The van der Waals surface area contributed by atoms with Gasteiger partial charge in [-0.1, -0.05) is 29.8 Å². The van der Waals surface area contributed by atoms with Crippen LogP contribution in [-0.2, 0) is 9.31 Å². The summed E-state index contributed by atoms with van der Waals surface area (Å²) in [5, 5.41) is 3.68. The van der Waals surface area contributed by atoms with E-state index in [1.54, 1.807) is 0 Å². The fourth-order valence-electron chi connectivity index (χ4n) is 2.35. The Kier molecular flexibility index (Phi) is 4.51. The van der Waals surface area contributed by atoms with Gasteiger partial charge in [-0.15, -0.1) is 0 Å². The number of nitrogens with zero attached hydrogens (tertiary/aromatic N) is 2. The zero-order chi connectivity index (χ0) is 17.5. The van der Waals surface area contributed by atoms with Gasteiger partial charge in [-0.25, -0.2) is 4.98 Å². The van der Waals surface area contributed by atoms with E-state index in [0.717, 1.165) is 11.2 Å². The zero-order valence-electron chi connectivity index (χ0n) is 13.9. The van der Waals surface area contributed by atoms with Gasteiger partial charge in [-0.2, -0.15) is 4.98 Å². The molecule has 1 aromatic carbocycles. The van der Waals surface area contributed by atoms with Crippen molar-refractivity contribution in [2.75, 3.05) is 5.32 Å². The van der Waals surface area contributed by atoms with E-state index in [4.69, 9.17) is 32.5 Å². The van der Waals surface area contributed by atoms with E-state index in [0.29, 0.717) is 10.8 Å². The predicted octanol–water partition coefficient (Wildman–Crippen LogP) is 3.83. The number of aromatic nitrogens is 2. The molecule has 0 unspecified atom stereocenters. The van der Waals surface area contributed by atoms with Crippen molar-refractivity contribution in [2.24, 2.45) is 0 Å². The van der Waals surface area contributed by atoms with Crippen molar-refractivity contribution in [1.82, 2.24) is 9.97 Å². The molecule has 1 aliphatic rings. The van der Waals surface area contributed by atoms with Gasteiger partial charge in [0.1, 0.15) is 5.02 Å². The standard InChI is InChI=1S/C16H18BCl2N3O2/c1-15(2)16(3,4)24-17(23-15)10-7-5-6-8-12(10)21-13-11(18)9-20-14(19)22-13/h5-9H,1-4H3,(H,20,21,22). The molecule has 126 valence electrons. The Hall–Kier alpha value is -1.34. The molecule has 0 amide bonds. The molecule has 2 heterocycles. The summed E-state index contributed by atoms with van der Waals surface area (Å²) in [6.45, 7) is 8.07. The van der Waals surface area contributed by atoms with Crippen molar-refractivity contribution >= 4 is 47.3 Å². The van der Waals surface area contributed by atoms with Crippen molar-refractivity contribution in [1.29, 1.82) is 0 Å². The van der Waals surface area contributed by atoms with Crippen LogP contribution in [0.1, 0.15) is 27.7 Å². The largest absolute Gasteiger partial charge is 0.496 e. The first-order chi connectivity index (χ1) is 11.2. The van der Waals surface area contributed by atoms with Crippen LogP contribution in [0, 0.1) is 0 Å².